The van der Waals surface area contributed by atoms with Crippen molar-refractivity contribution in [2.75, 3.05) is 30.8 Å². The summed E-state index contributed by atoms with van der Waals surface area (Å²) in [4.78, 5) is 27.0. The van der Waals surface area contributed by atoms with Gasteiger partial charge in [0.2, 0.25) is 15.7 Å². The third-order valence-corrected chi connectivity index (χ3v) is 7.07. The zero-order valence-electron chi connectivity index (χ0n) is 23.6. The monoisotopic (exact) mass is 561 g/mol. The number of carbonyl (C=O) groups is 2. The summed E-state index contributed by atoms with van der Waals surface area (Å²) in [7, 11) is -2.12. The Kier molecular flexibility index (Phi) is 11.1. The molecule has 11 heteroatoms. The highest BCUT2D eigenvalue weighted by molar-refractivity contribution is 7.92. The standard InChI is InChI=1S/C22H25N3O5S.C4H8O2.C2H6/c1-13-4-6-15(7-5-13)19-18(21(27)23-2)17-12-16(14-8-9-14)20(24-22(17)30-19)25(10-11-26)31(3,28)29;1-3(2)4(5)6;1-2/h4-7,12,14,26H,8-11H2,1-3H3,(H,23,27);3H,1-2H3,(H,5,6);1-2H3. The van der Waals surface area contributed by atoms with E-state index in [1.165, 1.54) is 0 Å². The maximum absolute atomic E-state index is 12.8. The number of nitrogens with one attached hydrogen (secondary N) is 1. The second-order valence-electron chi connectivity index (χ2n) is 9.33. The van der Waals surface area contributed by atoms with Crippen LogP contribution in [-0.2, 0) is 14.8 Å². The van der Waals surface area contributed by atoms with Gasteiger partial charge in [0, 0.05) is 12.6 Å². The number of carbonyl (C=O) groups excluding carboxylic acids is 1. The Morgan fingerprint density at radius 1 is 1.18 bits per heavy atom. The number of aliphatic carboxylic acids is 1. The van der Waals surface area contributed by atoms with E-state index in [1.54, 1.807) is 20.9 Å². The van der Waals surface area contributed by atoms with Crippen LogP contribution in [0, 0.1) is 12.8 Å². The van der Waals surface area contributed by atoms with E-state index in [9.17, 15) is 23.1 Å². The normalized spacial score (nSPS) is 12.7. The van der Waals surface area contributed by atoms with E-state index >= 15 is 0 Å². The summed E-state index contributed by atoms with van der Waals surface area (Å²) in [5.41, 5.74) is 3.10. The molecule has 0 atom stereocenters. The summed E-state index contributed by atoms with van der Waals surface area (Å²) in [6.07, 6.45) is 2.91. The van der Waals surface area contributed by atoms with Crippen LogP contribution in [-0.4, -0.2) is 61.9 Å². The van der Waals surface area contributed by atoms with E-state index in [-0.39, 0.29) is 42.4 Å². The molecule has 0 unspecified atom stereocenters. The van der Waals surface area contributed by atoms with Gasteiger partial charge in [-0.15, -0.1) is 0 Å². The summed E-state index contributed by atoms with van der Waals surface area (Å²) in [6.45, 7) is 8.81. The summed E-state index contributed by atoms with van der Waals surface area (Å²) < 4.78 is 32.0. The molecule has 39 heavy (non-hydrogen) atoms. The predicted octanol–water partition coefficient (Wildman–Crippen LogP) is 4.55. The smallest absolute Gasteiger partial charge is 0.305 e. The lowest BCUT2D eigenvalue weighted by atomic mass is 10.0. The second kappa shape index (κ2) is 13.6. The van der Waals surface area contributed by atoms with Crippen molar-refractivity contribution in [1.29, 1.82) is 0 Å². The van der Waals surface area contributed by atoms with Crippen LogP contribution in [0.3, 0.4) is 0 Å². The molecule has 0 radical (unpaired) electrons. The lowest BCUT2D eigenvalue weighted by Crippen LogP contribution is -2.34. The Balaban J connectivity index is 0.000000590. The molecule has 1 amide bonds. The van der Waals surface area contributed by atoms with Crippen LogP contribution in [0.15, 0.2) is 34.7 Å². The van der Waals surface area contributed by atoms with Gasteiger partial charge in [-0.2, -0.15) is 4.98 Å². The number of aromatic nitrogens is 1. The molecule has 1 fully saturated rings. The molecule has 2 heterocycles. The summed E-state index contributed by atoms with van der Waals surface area (Å²) in [6, 6.07) is 9.42. The van der Waals surface area contributed by atoms with Gasteiger partial charge in [0.15, 0.2) is 0 Å². The fourth-order valence-corrected chi connectivity index (χ4v) is 4.58. The molecule has 1 aliphatic carbocycles. The van der Waals surface area contributed by atoms with E-state index in [1.807, 2.05) is 51.1 Å². The Labute approximate surface area is 230 Å². The number of aryl methyl sites for hydroxylation is 1. The molecule has 3 aromatic rings. The van der Waals surface area contributed by atoms with E-state index in [0.29, 0.717) is 16.7 Å². The maximum atomic E-state index is 12.8. The number of aliphatic hydroxyl groups is 1. The largest absolute Gasteiger partial charge is 0.481 e. The average Bonchev–Trinajstić information content (AvgIpc) is 3.67. The molecule has 1 aromatic carbocycles. The van der Waals surface area contributed by atoms with Gasteiger partial charge in [0.05, 0.1) is 36.3 Å². The van der Waals surface area contributed by atoms with Gasteiger partial charge in [0.25, 0.3) is 5.91 Å². The fraction of sp³-hybridized carbons (Fsp3) is 0.464. The first kappa shape index (κ1) is 31.8. The number of nitrogens with zero attached hydrogens (tertiary/aromatic N) is 2. The number of aliphatic hydroxyl groups excluding tert-OH is 1. The lowest BCUT2D eigenvalue weighted by molar-refractivity contribution is -0.140. The SMILES string of the molecule is CC.CC(C)C(=O)O.CNC(=O)c1c(-c2ccc(C)cc2)oc2nc(N(CCO)S(C)(=O)=O)c(C3CC3)cc12. The number of hydrogen-bond donors (Lipinski definition) is 3. The highest BCUT2D eigenvalue weighted by Crippen LogP contribution is 2.46. The van der Waals surface area contributed by atoms with E-state index < -0.39 is 16.0 Å². The van der Waals surface area contributed by atoms with Crippen molar-refractivity contribution in [3.8, 4) is 11.3 Å². The van der Waals surface area contributed by atoms with E-state index in [0.717, 1.165) is 40.1 Å². The number of sulfonamides is 1. The molecular weight excluding hydrogens is 522 g/mol. The van der Waals surface area contributed by atoms with Gasteiger partial charge in [-0.1, -0.05) is 57.5 Å². The number of rotatable bonds is 8. The van der Waals surface area contributed by atoms with Crippen LogP contribution in [0.4, 0.5) is 5.82 Å². The molecule has 0 aliphatic heterocycles. The zero-order valence-corrected chi connectivity index (χ0v) is 24.4. The average molecular weight is 562 g/mol. The summed E-state index contributed by atoms with van der Waals surface area (Å²) in [5.74, 6) is -0.487. The van der Waals surface area contributed by atoms with Crippen LogP contribution in [0.25, 0.3) is 22.4 Å². The van der Waals surface area contributed by atoms with Crippen molar-refractivity contribution >= 4 is 38.8 Å². The predicted molar refractivity (Wildman–Crippen MR) is 153 cm³/mol. The van der Waals surface area contributed by atoms with Crippen LogP contribution < -0.4 is 9.62 Å². The molecule has 3 N–H and O–H groups in total. The lowest BCUT2D eigenvalue weighted by Gasteiger charge is -2.22. The van der Waals surface area contributed by atoms with Crippen molar-refractivity contribution < 1.29 is 32.6 Å². The minimum absolute atomic E-state index is 0.106. The Morgan fingerprint density at radius 2 is 1.74 bits per heavy atom. The number of furan rings is 1. The fourth-order valence-electron chi connectivity index (χ4n) is 3.70. The molecule has 0 bridgehead atoms. The number of pyridine rings is 1. The Bertz CT molecular complexity index is 1390. The van der Waals surface area contributed by atoms with Gasteiger partial charge in [-0.3, -0.25) is 13.9 Å². The number of benzene rings is 1. The van der Waals surface area contributed by atoms with Crippen molar-refractivity contribution in [3.05, 3.63) is 47.0 Å². The molecular formula is C28H39N3O7S. The molecule has 4 rings (SSSR count). The first-order chi connectivity index (χ1) is 18.4. The molecule has 10 nitrogen and oxygen atoms in total. The zero-order chi connectivity index (χ0) is 29.5. The van der Waals surface area contributed by atoms with Crippen LogP contribution in [0.1, 0.15) is 67.9 Å². The molecule has 1 saturated carbocycles. The highest BCUT2D eigenvalue weighted by atomic mass is 32.2. The van der Waals surface area contributed by atoms with E-state index in [2.05, 4.69) is 10.3 Å². The third-order valence-electron chi connectivity index (χ3n) is 5.91. The molecule has 1 aliphatic rings. The Morgan fingerprint density at radius 3 is 2.18 bits per heavy atom. The van der Waals surface area contributed by atoms with Crippen LogP contribution in [0.2, 0.25) is 0 Å². The summed E-state index contributed by atoms with van der Waals surface area (Å²) >= 11 is 0. The molecule has 0 saturated heterocycles. The first-order valence-corrected chi connectivity index (χ1v) is 14.8. The van der Waals surface area contributed by atoms with Gasteiger partial charge in [-0.25, -0.2) is 8.42 Å². The van der Waals surface area contributed by atoms with Crippen molar-refractivity contribution in [2.24, 2.45) is 5.92 Å². The first-order valence-electron chi connectivity index (χ1n) is 13.0. The molecule has 214 valence electrons. The number of hydrogen-bond acceptors (Lipinski definition) is 7. The number of amides is 1. The number of fused-ring (bicyclic) bond motifs is 1. The van der Waals surface area contributed by atoms with Crippen molar-refractivity contribution in [2.45, 2.75) is 53.4 Å². The minimum atomic E-state index is -3.67. The third kappa shape index (κ3) is 7.79. The highest BCUT2D eigenvalue weighted by Gasteiger charge is 2.34. The van der Waals surface area contributed by atoms with Crippen LogP contribution >= 0.6 is 0 Å². The van der Waals surface area contributed by atoms with Crippen molar-refractivity contribution in [3.63, 3.8) is 0 Å². The van der Waals surface area contributed by atoms with Gasteiger partial charge in [0.1, 0.15) is 11.6 Å². The van der Waals surface area contributed by atoms with Gasteiger partial charge < -0.3 is 19.9 Å². The number of carboxylic acid groups (broad SMARTS) is 1. The Hall–Kier alpha value is -3.44. The van der Waals surface area contributed by atoms with Crippen molar-refractivity contribution in [1.82, 2.24) is 10.3 Å². The topological polar surface area (TPSA) is 150 Å². The maximum Gasteiger partial charge on any atom is 0.305 e. The number of anilines is 1. The molecule has 0 spiro atoms. The number of carboxylic acids is 1. The summed E-state index contributed by atoms with van der Waals surface area (Å²) in [5, 5.41) is 20.6. The second-order valence-corrected chi connectivity index (χ2v) is 11.2. The minimum Gasteiger partial charge on any atom is -0.481 e. The quantitative estimate of drug-likeness (QED) is 0.362. The van der Waals surface area contributed by atoms with Crippen LogP contribution in [0.5, 0.6) is 0 Å². The van der Waals surface area contributed by atoms with E-state index in [4.69, 9.17) is 9.52 Å². The van der Waals surface area contributed by atoms with Gasteiger partial charge >= 0.3 is 5.97 Å². The van der Waals surface area contributed by atoms with Gasteiger partial charge in [-0.05, 0) is 37.3 Å². The molecule has 2 aromatic heterocycles.